The Kier molecular flexibility index (Phi) is 9.75. The Labute approximate surface area is 113 Å². The summed E-state index contributed by atoms with van der Waals surface area (Å²) in [4.78, 5) is 2.27. The average molecular weight is 245 g/mol. The minimum Gasteiger partial charge on any atom is -0.348 e. The maximum absolute atomic E-state index is 3.68. The molecule has 0 heterocycles. The fourth-order valence-electron chi connectivity index (χ4n) is 1.88. The highest BCUT2D eigenvalue weighted by molar-refractivity contribution is 5.20. The van der Waals surface area contributed by atoms with Crippen LogP contribution in [0.25, 0.3) is 0 Å². The van der Waals surface area contributed by atoms with E-state index in [4.69, 9.17) is 0 Å². The Morgan fingerprint density at radius 2 is 1.78 bits per heavy atom. The van der Waals surface area contributed by atoms with E-state index < -0.39 is 0 Å². The first-order valence-electron chi connectivity index (χ1n) is 6.70. The molecule has 0 fully saturated rings. The molecule has 0 aromatic heterocycles. The van der Waals surface area contributed by atoms with E-state index in [1.807, 2.05) is 6.08 Å². The number of allylic oxidation sites excluding steroid dienone is 6. The zero-order valence-electron chi connectivity index (χ0n) is 12.3. The van der Waals surface area contributed by atoms with E-state index >= 15 is 0 Å². The van der Waals surface area contributed by atoms with E-state index in [2.05, 4.69) is 75.9 Å². The molecule has 0 N–H and O–H groups in total. The Morgan fingerprint density at radius 3 is 2.22 bits per heavy atom. The van der Waals surface area contributed by atoms with Gasteiger partial charge in [-0.2, -0.15) is 0 Å². The molecule has 0 aliphatic heterocycles. The van der Waals surface area contributed by atoms with Crippen LogP contribution in [0.4, 0.5) is 0 Å². The van der Waals surface area contributed by atoms with Gasteiger partial charge in [0.15, 0.2) is 0 Å². The van der Waals surface area contributed by atoms with E-state index in [0.717, 1.165) is 6.42 Å². The second-order valence-corrected chi connectivity index (χ2v) is 4.25. The summed E-state index contributed by atoms with van der Waals surface area (Å²) < 4.78 is 0. The van der Waals surface area contributed by atoms with Crippen LogP contribution in [0.2, 0.25) is 0 Å². The van der Waals surface area contributed by atoms with Gasteiger partial charge in [-0.25, -0.2) is 0 Å². The van der Waals surface area contributed by atoms with Crippen LogP contribution in [0, 0.1) is 0 Å². The van der Waals surface area contributed by atoms with Gasteiger partial charge in [0.25, 0.3) is 0 Å². The van der Waals surface area contributed by atoms with Crippen molar-refractivity contribution in [3.63, 3.8) is 0 Å². The molecule has 0 saturated heterocycles. The quantitative estimate of drug-likeness (QED) is 0.530. The van der Waals surface area contributed by atoms with Gasteiger partial charge in [-0.05, 0) is 39.6 Å². The Bertz CT molecular complexity index is 320. The van der Waals surface area contributed by atoms with Gasteiger partial charge in [-0.15, -0.1) is 0 Å². The van der Waals surface area contributed by atoms with Gasteiger partial charge in [0, 0.05) is 0 Å². The maximum Gasteiger partial charge on any atom is 0.0539 e. The van der Waals surface area contributed by atoms with Crippen LogP contribution in [0.15, 0.2) is 61.0 Å². The highest BCUT2D eigenvalue weighted by Crippen LogP contribution is 2.17. The molecule has 1 heteroatoms. The molecule has 0 bridgehead atoms. The molecule has 1 unspecified atom stereocenters. The van der Waals surface area contributed by atoms with Crippen molar-refractivity contribution in [3.05, 3.63) is 61.0 Å². The second-order valence-electron chi connectivity index (χ2n) is 4.25. The molecule has 1 atom stereocenters. The van der Waals surface area contributed by atoms with Gasteiger partial charge in [0.2, 0.25) is 0 Å². The molecule has 18 heavy (non-hydrogen) atoms. The summed E-state index contributed by atoms with van der Waals surface area (Å²) in [6.45, 7) is 12.2. The predicted molar refractivity (Wildman–Crippen MR) is 83.3 cm³/mol. The Morgan fingerprint density at radius 1 is 1.17 bits per heavy atom. The molecule has 0 radical (unpaired) electrons. The monoisotopic (exact) mass is 245 g/mol. The summed E-state index contributed by atoms with van der Waals surface area (Å²) in [7, 11) is 0. The first-order valence-corrected chi connectivity index (χ1v) is 6.70. The summed E-state index contributed by atoms with van der Waals surface area (Å²) >= 11 is 0. The van der Waals surface area contributed by atoms with E-state index in [9.17, 15) is 0 Å². The first-order chi connectivity index (χ1) is 8.71. The summed E-state index contributed by atoms with van der Waals surface area (Å²) in [5.74, 6) is 0. The van der Waals surface area contributed by atoms with Gasteiger partial charge < -0.3 is 4.90 Å². The summed E-state index contributed by atoms with van der Waals surface area (Å²) in [5.41, 5.74) is 1.37. The number of hydrogen-bond donors (Lipinski definition) is 0. The Balaban J connectivity index is 5.05. The van der Waals surface area contributed by atoms with Crippen molar-refractivity contribution in [1.82, 2.24) is 4.90 Å². The van der Waals surface area contributed by atoms with Gasteiger partial charge in [0.1, 0.15) is 0 Å². The lowest BCUT2D eigenvalue weighted by molar-refractivity contribution is 0.383. The average Bonchev–Trinajstić information content (AvgIpc) is 2.36. The van der Waals surface area contributed by atoms with Crippen LogP contribution in [-0.2, 0) is 0 Å². The topological polar surface area (TPSA) is 3.24 Å². The van der Waals surface area contributed by atoms with Crippen LogP contribution in [0.1, 0.15) is 40.5 Å². The summed E-state index contributed by atoms with van der Waals surface area (Å²) in [5, 5.41) is 0. The van der Waals surface area contributed by atoms with Gasteiger partial charge in [-0.3, -0.25) is 0 Å². The molecule has 100 valence electrons. The van der Waals surface area contributed by atoms with Crippen molar-refractivity contribution < 1.29 is 0 Å². The van der Waals surface area contributed by atoms with Crippen LogP contribution in [-0.4, -0.2) is 10.9 Å². The van der Waals surface area contributed by atoms with Crippen molar-refractivity contribution in [1.29, 1.82) is 0 Å². The van der Waals surface area contributed by atoms with Crippen LogP contribution >= 0.6 is 0 Å². The van der Waals surface area contributed by atoms with Crippen molar-refractivity contribution in [2.24, 2.45) is 0 Å². The van der Waals surface area contributed by atoms with Gasteiger partial charge in [-0.1, -0.05) is 62.0 Å². The number of rotatable bonds is 8. The zero-order chi connectivity index (χ0) is 13.8. The van der Waals surface area contributed by atoms with Crippen LogP contribution in [0.5, 0.6) is 0 Å². The third-order valence-corrected chi connectivity index (χ3v) is 2.70. The fourth-order valence-corrected chi connectivity index (χ4v) is 1.88. The third kappa shape index (κ3) is 6.29. The molecule has 0 aromatic rings. The van der Waals surface area contributed by atoms with Gasteiger partial charge in [0.05, 0.1) is 6.04 Å². The highest BCUT2D eigenvalue weighted by Gasteiger charge is 2.13. The lowest BCUT2D eigenvalue weighted by Gasteiger charge is -2.28. The largest absolute Gasteiger partial charge is 0.348 e. The minimum atomic E-state index is 0.428. The normalized spacial score (nSPS) is 14.8. The van der Waals surface area contributed by atoms with E-state index in [0.29, 0.717) is 6.04 Å². The summed E-state index contributed by atoms with van der Waals surface area (Å²) in [6.07, 6.45) is 18.7. The highest BCUT2D eigenvalue weighted by atomic mass is 15.1. The molecule has 0 aromatic carbocycles. The molecular formula is C17H27N. The molecule has 0 aliphatic carbocycles. The lowest BCUT2D eigenvalue weighted by atomic mass is 10.0. The van der Waals surface area contributed by atoms with E-state index in [1.165, 1.54) is 12.0 Å². The fraction of sp³-hybridized carbons (Fsp3) is 0.412. The molecule has 0 spiro atoms. The van der Waals surface area contributed by atoms with Crippen molar-refractivity contribution in [2.45, 2.75) is 46.6 Å². The van der Waals surface area contributed by atoms with E-state index in [1.54, 1.807) is 6.08 Å². The summed E-state index contributed by atoms with van der Waals surface area (Å²) in [6, 6.07) is 0.428. The molecule has 1 nitrogen and oxygen atoms in total. The molecule has 0 aliphatic rings. The first kappa shape index (κ1) is 16.5. The SMILES string of the molecule is C=C/C=C\C=C(/C)C(CCC)N(C=CC)/C=C\C. The Hall–Kier alpha value is -1.50. The maximum atomic E-state index is 3.68. The van der Waals surface area contributed by atoms with Crippen molar-refractivity contribution in [3.8, 4) is 0 Å². The predicted octanol–water partition coefficient (Wildman–Crippen LogP) is 5.21. The number of nitrogens with zero attached hydrogens (tertiary/aromatic N) is 1. The van der Waals surface area contributed by atoms with Crippen molar-refractivity contribution >= 4 is 0 Å². The molecule has 0 saturated carbocycles. The van der Waals surface area contributed by atoms with Gasteiger partial charge >= 0.3 is 0 Å². The molecule has 0 amide bonds. The molecular weight excluding hydrogens is 218 g/mol. The number of hydrogen-bond acceptors (Lipinski definition) is 1. The third-order valence-electron chi connectivity index (χ3n) is 2.70. The second kappa shape index (κ2) is 10.6. The zero-order valence-corrected chi connectivity index (χ0v) is 12.3. The standard InChI is InChI=1S/C17H27N/c1-6-10-11-13-16(5)17(12-7-2)18(14-8-3)15-9-4/h6,8-11,13-15,17H,1,7,12H2,2-5H3/b11-10-,14-8-,15-9?,16-13+. The van der Waals surface area contributed by atoms with Crippen molar-refractivity contribution in [2.75, 3.05) is 0 Å². The van der Waals surface area contributed by atoms with E-state index in [-0.39, 0.29) is 0 Å². The van der Waals surface area contributed by atoms with Crippen LogP contribution < -0.4 is 0 Å². The van der Waals surface area contributed by atoms with Crippen LogP contribution in [0.3, 0.4) is 0 Å². The minimum absolute atomic E-state index is 0.428. The smallest absolute Gasteiger partial charge is 0.0539 e. The molecule has 0 rings (SSSR count). The lowest BCUT2D eigenvalue weighted by Crippen LogP contribution is -2.27.